The van der Waals surface area contributed by atoms with Gasteiger partial charge in [-0.15, -0.1) is 0 Å². The molecule has 1 aromatic carbocycles. The van der Waals surface area contributed by atoms with Crippen LogP contribution >= 0.6 is 0 Å². The van der Waals surface area contributed by atoms with E-state index in [9.17, 15) is 18.0 Å². The predicted molar refractivity (Wildman–Crippen MR) is 58.8 cm³/mol. The molecule has 1 heterocycles. The topological polar surface area (TPSA) is 32.9 Å². The van der Waals surface area contributed by atoms with Gasteiger partial charge in [0.05, 0.1) is 5.56 Å². The fourth-order valence-electron chi connectivity index (χ4n) is 1.95. The molecule has 2 nitrogen and oxygen atoms in total. The molecule has 0 atom stereocenters. The van der Waals surface area contributed by atoms with Gasteiger partial charge in [-0.3, -0.25) is 4.79 Å². The zero-order valence-corrected chi connectivity index (χ0v) is 9.27. The van der Waals surface area contributed by atoms with Crippen molar-refractivity contribution in [2.24, 2.45) is 0 Å². The summed E-state index contributed by atoms with van der Waals surface area (Å²) in [6.07, 6.45) is 0. The fourth-order valence-corrected chi connectivity index (χ4v) is 1.95. The Kier molecular flexibility index (Phi) is 2.49. The van der Waals surface area contributed by atoms with Crippen LogP contribution in [0.1, 0.15) is 18.1 Å². The molecule has 2 rings (SSSR count). The number of nitrogens with one attached hydrogen (secondary N) is 1. The number of benzene rings is 1. The van der Waals surface area contributed by atoms with Gasteiger partial charge in [-0.05, 0) is 30.7 Å². The molecule has 0 unspecified atom stereocenters. The van der Waals surface area contributed by atoms with Crippen molar-refractivity contribution < 1.29 is 13.2 Å². The number of aromatic amines is 1. The first-order valence-corrected chi connectivity index (χ1v) is 5.01. The van der Waals surface area contributed by atoms with E-state index in [1.54, 1.807) is 0 Å². The van der Waals surface area contributed by atoms with Crippen LogP contribution in [0.3, 0.4) is 0 Å². The van der Waals surface area contributed by atoms with Crippen LogP contribution < -0.4 is 5.56 Å². The van der Waals surface area contributed by atoms with Gasteiger partial charge in [-0.25, -0.2) is 13.2 Å². The van der Waals surface area contributed by atoms with Crippen molar-refractivity contribution in [3.8, 4) is 0 Å². The minimum atomic E-state index is -3.25. The van der Waals surface area contributed by atoms with Crippen LogP contribution in [-0.4, -0.2) is 4.98 Å². The molecular formula is C12H10F3NO. The van der Waals surface area contributed by atoms with E-state index < -0.39 is 22.9 Å². The predicted octanol–water partition coefficient (Wildman–Crippen LogP) is 3.09. The summed E-state index contributed by atoms with van der Waals surface area (Å²) in [5.74, 6) is -3.78. The van der Waals surface area contributed by atoms with Crippen LogP contribution in [0.25, 0.3) is 10.9 Å². The number of pyridine rings is 1. The molecule has 1 N–H and O–H groups in total. The number of hydrogen-bond acceptors (Lipinski definition) is 1. The normalized spacial score (nSPS) is 12.1. The van der Waals surface area contributed by atoms with E-state index in [0.29, 0.717) is 17.8 Å². The summed E-state index contributed by atoms with van der Waals surface area (Å²) in [6, 6.07) is 3.66. The molecule has 0 saturated heterocycles. The van der Waals surface area contributed by atoms with Crippen molar-refractivity contribution in [3.05, 3.63) is 45.5 Å². The lowest BCUT2D eigenvalue weighted by atomic mass is 10.0. The zero-order chi connectivity index (χ0) is 12.8. The third-order valence-electron chi connectivity index (χ3n) is 2.67. The highest BCUT2D eigenvalue weighted by atomic mass is 19.3. The van der Waals surface area contributed by atoms with Crippen LogP contribution in [0.2, 0.25) is 0 Å². The Morgan fingerprint density at radius 1 is 1.29 bits per heavy atom. The SMILES string of the molecule is Cc1c(C(C)(F)F)c(=O)[nH]c2ccc(F)cc12. The summed E-state index contributed by atoms with van der Waals surface area (Å²) in [6.45, 7) is 2.04. The Morgan fingerprint density at radius 2 is 1.94 bits per heavy atom. The van der Waals surface area contributed by atoms with Crippen LogP contribution in [0.4, 0.5) is 13.2 Å². The lowest BCUT2D eigenvalue weighted by Crippen LogP contribution is -2.24. The number of fused-ring (bicyclic) bond motifs is 1. The van der Waals surface area contributed by atoms with Gasteiger partial charge < -0.3 is 4.98 Å². The third kappa shape index (κ3) is 1.92. The highest BCUT2D eigenvalue weighted by molar-refractivity contribution is 5.83. The molecule has 2 aromatic rings. The highest BCUT2D eigenvalue weighted by Crippen LogP contribution is 2.30. The van der Waals surface area contributed by atoms with Crippen molar-refractivity contribution in [2.45, 2.75) is 19.8 Å². The summed E-state index contributed by atoms with van der Waals surface area (Å²) >= 11 is 0. The van der Waals surface area contributed by atoms with Gasteiger partial charge in [0.2, 0.25) is 0 Å². The number of rotatable bonds is 1. The lowest BCUT2D eigenvalue weighted by molar-refractivity contribution is 0.0155. The van der Waals surface area contributed by atoms with E-state index in [-0.39, 0.29) is 5.56 Å². The molecule has 17 heavy (non-hydrogen) atoms. The number of aryl methyl sites for hydroxylation is 1. The molecule has 0 radical (unpaired) electrons. The Bertz CT molecular complexity index is 640. The summed E-state index contributed by atoms with van der Waals surface area (Å²) in [7, 11) is 0. The van der Waals surface area contributed by atoms with Crippen LogP contribution in [0.5, 0.6) is 0 Å². The smallest absolute Gasteiger partial charge is 0.276 e. The maximum atomic E-state index is 13.3. The van der Waals surface area contributed by atoms with Gasteiger partial charge >= 0.3 is 0 Å². The molecular weight excluding hydrogens is 231 g/mol. The number of halogens is 3. The molecule has 0 bridgehead atoms. The van der Waals surface area contributed by atoms with Crippen molar-refractivity contribution in [3.63, 3.8) is 0 Å². The Labute approximate surface area is 95.1 Å². The second kappa shape index (κ2) is 3.61. The first-order chi connectivity index (χ1) is 7.80. The second-order valence-corrected chi connectivity index (χ2v) is 4.03. The van der Waals surface area contributed by atoms with Gasteiger partial charge in [-0.2, -0.15) is 0 Å². The lowest BCUT2D eigenvalue weighted by Gasteiger charge is -2.14. The molecule has 0 aliphatic heterocycles. The van der Waals surface area contributed by atoms with E-state index in [2.05, 4.69) is 4.98 Å². The minimum absolute atomic E-state index is 0.107. The number of aromatic nitrogens is 1. The monoisotopic (exact) mass is 241 g/mol. The molecule has 0 fully saturated rings. The molecule has 90 valence electrons. The Hall–Kier alpha value is -1.78. The van der Waals surface area contributed by atoms with Gasteiger partial charge in [-0.1, -0.05) is 0 Å². The van der Waals surface area contributed by atoms with Gasteiger partial charge in [0.15, 0.2) is 0 Å². The molecule has 0 saturated carbocycles. The average Bonchev–Trinajstić information content (AvgIpc) is 2.17. The van der Waals surface area contributed by atoms with Crippen LogP contribution in [-0.2, 0) is 5.92 Å². The number of alkyl halides is 2. The number of hydrogen-bond donors (Lipinski definition) is 1. The van der Waals surface area contributed by atoms with E-state index in [0.717, 1.165) is 6.07 Å². The maximum absolute atomic E-state index is 13.3. The summed E-state index contributed by atoms with van der Waals surface area (Å²) in [5.41, 5.74) is -0.998. The molecule has 0 amide bonds. The highest BCUT2D eigenvalue weighted by Gasteiger charge is 2.30. The standard InChI is InChI=1S/C12H10F3NO/c1-6-8-5-7(13)3-4-9(8)16-11(17)10(6)12(2,14)15/h3-5H,1-2H3,(H,16,17). The van der Waals surface area contributed by atoms with Gasteiger partial charge in [0.1, 0.15) is 5.82 Å². The fraction of sp³-hybridized carbons (Fsp3) is 0.250. The van der Waals surface area contributed by atoms with E-state index in [4.69, 9.17) is 0 Å². The van der Waals surface area contributed by atoms with Gasteiger partial charge in [0.25, 0.3) is 11.5 Å². The van der Waals surface area contributed by atoms with Crippen molar-refractivity contribution in [2.75, 3.05) is 0 Å². The van der Waals surface area contributed by atoms with Crippen molar-refractivity contribution in [1.29, 1.82) is 0 Å². The van der Waals surface area contributed by atoms with Crippen molar-refractivity contribution in [1.82, 2.24) is 4.98 Å². The minimum Gasteiger partial charge on any atom is -0.321 e. The summed E-state index contributed by atoms with van der Waals surface area (Å²) < 4.78 is 39.6. The van der Waals surface area contributed by atoms with Gasteiger partial charge in [0, 0.05) is 17.8 Å². The Morgan fingerprint density at radius 3 is 2.53 bits per heavy atom. The quantitative estimate of drug-likeness (QED) is 0.817. The molecule has 0 aliphatic carbocycles. The molecule has 0 spiro atoms. The van der Waals surface area contributed by atoms with E-state index in [1.807, 2.05) is 0 Å². The Balaban J connectivity index is 2.93. The van der Waals surface area contributed by atoms with E-state index >= 15 is 0 Å². The average molecular weight is 241 g/mol. The summed E-state index contributed by atoms with van der Waals surface area (Å²) in [5, 5.41) is 0.293. The van der Waals surface area contributed by atoms with Crippen molar-refractivity contribution >= 4 is 10.9 Å². The van der Waals surface area contributed by atoms with Crippen LogP contribution in [0, 0.1) is 12.7 Å². The van der Waals surface area contributed by atoms with Crippen LogP contribution in [0.15, 0.2) is 23.0 Å². The number of H-pyrrole nitrogens is 1. The summed E-state index contributed by atoms with van der Waals surface area (Å²) in [4.78, 5) is 13.9. The van der Waals surface area contributed by atoms with E-state index in [1.165, 1.54) is 19.1 Å². The zero-order valence-electron chi connectivity index (χ0n) is 9.27. The molecule has 5 heteroatoms. The first kappa shape index (κ1) is 11.7. The first-order valence-electron chi connectivity index (χ1n) is 5.01. The molecule has 0 aliphatic rings. The second-order valence-electron chi connectivity index (χ2n) is 4.03. The largest absolute Gasteiger partial charge is 0.321 e. The maximum Gasteiger partial charge on any atom is 0.276 e. The third-order valence-corrected chi connectivity index (χ3v) is 2.67. The molecule has 1 aromatic heterocycles.